The molecule has 1 saturated heterocycles. The average Bonchev–Trinajstić information content (AvgIpc) is 2.87. The molecule has 1 atom stereocenters. The Balaban J connectivity index is 2.11. The summed E-state index contributed by atoms with van der Waals surface area (Å²) in [7, 11) is 0. The Hall–Kier alpha value is -1.43. The molecule has 2 N–H and O–H groups in total. The van der Waals surface area contributed by atoms with Crippen LogP contribution in [0.4, 0.5) is 0 Å². The molecule has 0 aromatic carbocycles. The lowest BCUT2D eigenvalue weighted by Gasteiger charge is -2.21. The van der Waals surface area contributed by atoms with E-state index in [2.05, 4.69) is 15.4 Å². The van der Waals surface area contributed by atoms with E-state index in [0.717, 1.165) is 12.8 Å². The van der Waals surface area contributed by atoms with Crippen molar-refractivity contribution in [2.24, 2.45) is 0 Å². The number of nitrogens with one attached hydrogen (secondary N) is 1. The third kappa shape index (κ3) is 1.48. The summed E-state index contributed by atoms with van der Waals surface area (Å²) < 4.78 is 0. The molecule has 0 spiro atoms. The Morgan fingerprint density at radius 3 is 3.29 bits per heavy atom. The third-order valence-corrected chi connectivity index (χ3v) is 2.48. The number of rotatable bonds is 2. The minimum absolute atomic E-state index is 0.0175. The van der Waals surface area contributed by atoms with Gasteiger partial charge in [-0.15, -0.1) is 0 Å². The minimum Gasteiger partial charge on any atom is -0.394 e. The van der Waals surface area contributed by atoms with Crippen LogP contribution in [0.15, 0.2) is 6.20 Å². The minimum atomic E-state index is -0.157. The topological polar surface area (TPSA) is 82.1 Å². The van der Waals surface area contributed by atoms with E-state index in [0.29, 0.717) is 12.2 Å². The van der Waals surface area contributed by atoms with Gasteiger partial charge in [0, 0.05) is 6.54 Å². The van der Waals surface area contributed by atoms with Crippen LogP contribution in [0.2, 0.25) is 0 Å². The number of aromatic amines is 1. The summed E-state index contributed by atoms with van der Waals surface area (Å²) in [5, 5.41) is 18.7. The van der Waals surface area contributed by atoms with E-state index in [1.54, 1.807) is 4.90 Å². The molecule has 0 radical (unpaired) electrons. The van der Waals surface area contributed by atoms with E-state index >= 15 is 0 Å². The summed E-state index contributed by atoms with van der Waals surface area (Å²) in [6, 6.07) is -0.0563. The predicted octanol–water partition coefficient (Wildman–Crippen LogP) is -0.598. The molecular weight excluding hydrogens is 184 g/mol. The number of carbonyl (C=O) groups excluding carboxylic acids is 1. The number of carbonyl (C=O) groups is 1. The Morgan fingerprint density at radius 1 is 1.79 bits per heavy atom. The number of aliphatic hydroxyl groups is 1. The molecule has 0 aliphatic carbocycles. The average molecular weight is 196 g/mol. The van der Waals surface area contributed by atoms with Gasteiger partial charge in [0.15, 0.2) is 5.69 Å². The van der Waals surface area contributed by atoms with Crippen molar-refractivity contribution in [1.29, 1.82) is 0 Å². The highest BCUT2D eigenvalue weighted by molar-refractivity contribution is 5.92. The van der Waals surface area contributed by atoms with Crippen LogP contribution in [0.1, 0.15) is 23.3 Å². The zero-order valence-corrected chi connectivity index (χ0v) is 7.68. The molecule has 0 unspecified atom stereocenters. The number of aliphatic hydroxyl groups excluding tert-OH is 1. The number of H-pyrrole nitrogens is 1. The third-order valence-electron chi connectivity index (χ3n) is 2.48. The molecule has 1 fully saturated rings. The second kappa shape index (κ2) is 3.75. The van der Waals surface area contributed by atoms with Gasteiger partial charge in [0.25, 0.3) is 5.91 Å². The van der Waals surface area contributed by atoms with Crippen molar-refractivity contribution in [1.82, 2.24) is 20.3 Å². The van der Waals surface area contributed by atoms with E-state index in [1.165, 1.54) is 6.20 Å². The molecule has 6 nitrogen and oxygen atoms in total. The van der Waals surface area contributed by atoms with Crippen LogP contribution >= 0.6 is 0 Å². The lowest BCUT2D eigenvalue weighted by molar-refractivity contribution is 0.0671. The predicted molar refractivity (Wildman–Crippen MR) is 47.5 cm³/mol. The van der Waals surface area contributed by atoms with Crippen LogP contribution in [-0.4, -0.2) is 50.5 Å². The zero-order valence-electron chi connectivity index (χ0n) is 7.68. The molecule has 1 aromatic rings. The first-order valence-corrected chi connectivity index (χ1v) is 4.60. The number of amides is 1. The van der Waals surface area contributed by atoms with Gasteiger partial charge in [0.1, 0.15) is 0 Å². The Labute approximate surface area is 80.9 Å². The van der Waals surface area contributed by atoms with Crippen molar-refractivity contribution in [2.45, 2.75) is 18.9 Å². The van der Waals surface area contributed by atoms with Gasteiger partial charge >= 0.3 is 0 Å². The highest BCUT2D eigenvalue weighted by Gasteiger charge is 2.29. The van der Waals surface area contributed by atoms with Gasteiger partial charge in [-0.05, 0) is 12.8 Å². The van der Waals surface area contributed by atoms with Gasteiger partial charge in [0.05, 0.1) is 18.8 Å². The molecule has 6 heteroatoms. The first kappa shape index (κ1) is 9.14. The van der Waals surface area contributed by atoms with Crippen molar-refractivity contribution in [3.63, 3.8) is 0 Å². The van der Waals surface area contributed by atoms with Gasteiger partial charge < -0.3 is 10.0 Å². The quantitative estimate of drug-likeness (QED) is 0.661. The van der Waals surface area contributed by atoms with E-state index in [4.69, 9.17) is 5.11 Å². The van der Waals surface area contributed by atoms with Crippen LogP contribution in [0.25, 0.3) is 0 Å². The SMILES string of the molecule is O=C(c1cn[nH]n1)N1CCC[C@H]1CO. The highest BCUT2D eigenvalue weighted by Crippen LogP contribution is 2.18. The van der Waals surface area contributed by atoms with Crippen LogP contribution < -0.4 is 0 Å². The second-order valence-corrected chi connectivity index (χ2v) is 3.33. The molecule has 2 rings (SSSR count). The van der Waals surface area contributed by atoms with Crippen molar-refractivity contribution in [3.05, 3.63) is 11.9 Å². The van der Waals surface area contributed by atoms with Crippen molar-refractivity contribution in [2.75, 3.05) is 13.2 Å². The van der Waals surface area contributed by atoms with Crippen molar-refractivity contribution < 1.29 is 9.90 Å². The van der Waals surface area contributed by atoms with Gasteiger partial charge in [-0.25, -0.2) is 0 Å². The smallest absolute Gasteiger partial charge is 0.276 e. The summed E-state index contributed by atoms with van der Waals surface area (Å²) in [6.45, 7) is 0.709. The molecule has 0 saturated carbocycles. The maximum Gasteiger partial charge on any atom is 0.276 e. The van der Waals surface area contributed by atoms with Crippen LogP contribution in [0, 0.1) is 0 Å². The fraction of sp³-hybridized carbons (Fsp3) is 0.625. The van der Waals surface area contributed by atoms with Gasteiger partial charge in [-0.2, -0.15) is 15.4 Å². The maximum absolute atomic E-state index is 11.8. The lowest BCUT2D eigenvalue weighted by atomic mass is 10.2. The van der Waals surface area contributed by atoms with Crippen molar-refractivity contribution >= 4 is 5.91 Å². The van der Waals surface area contributed by atoms with E-state index in [-0.39, 0.29) is 18.6 Å². The van der Waals surface area contributed by atoms with Crippen LogP contribution in [-0.2, 0) is 0 Å². The summed E-state index contributed by atoms with van der Waals surface area (Å²) in [5.74, 6) is -0.157. The Morgan fingerprint density at radius 2 is 2.64 bits per heavy atom. The molecule has 76 valence electrons. The van der Waals surface area contributed by atoms with Gasteiger partial charge in [0.2, 0.25) is 0 Å². The normalized spacial score (nSPS) is 21.5. The number of aromatic nitrogens is 3. The number of nitrogens with zero attached hydrogens (tertiary/aromatic N) is 3. The standard InChI is InChI=1S/C8H12N4O2/c13-5-6-2-1-3-12(6)8(14)7-4-9-11-10-7/h4,6,13H,1-3,5H2,(H,9,10,11)/t6-/m0/s1. The first-order valence-electron chi connectivity index (χ1n) is 4.60. The maximum atomic E-state index is 11.8. The summed E-state index contributed by atoms with van der Waals surface area (Å²) >= 11 is 0. The van der Waals surface area contributed by atoms with Crippen molar-refractivity contribution in [3.8, 4) is 0 Å². The number of hydrogen-bond donors (Lipinski definition) is 2. The molecule has 0 bridgehead atoms. The number of hydrogen-bond acceptors (Lipinski definition) is 4. The van der Waals surface area contributed by atoms with E-state index in [9.17, 15) is 4.79 Å². The van der Waals surface area contributed by atoms with E-state index in [1.807, 2.05) is 0 Å². The first-order chi connectivity index (χ1) is 6.83. The van der Waals surface area contributed by atoms with Gasteiger partial charge in [-0.1, -0.05) is 0 Å². The summed E-state index contributed by atoms with van der Waals surface area (Å²) in [6.07, 6.45) is 3.20. The highest BCUT2D eigenvalue weighted by atomic mass is 16.3. The lowest BCUT2D eigenvalue weighted by Crippen LogP contribution is -2.37. The fourth-order valence-electron chi connectivity index (χ4n) is 1.74. The van der Waals surface area contributed by atoms with Gasteiger partial charge in [-0.3, -0.25) is 4.79 Å². The molecule has 1 aliphatic heterocycles. The summed E-state index contributed by atoms with van der Waals surface area (Å²) in [5.41, 5.74) is 0.311. The van der Waals surface area contributed by atoms with E-state index < -0.39 is 0 Å². The zero-order chi connectivity index (χ0) is 9.97. The molecule has 1 amide bonds. The Kier molecular flexibility index (Phi) is 2.45. The Bertz CT molecular complexity index is 311. The monoisotopic (exact) mass is 196 g/mol. The van der Waals surface area contributed by atoms with Crippen LogP contribution in [0.5, 0.6) is 0 Å². The number of likely N-dealkylation sites (tertiary alicyclic amines) is 1. The molecular formula is C8H12N4O2. The second-order valence-electron chi connectivity index (χ2n) is 3.33. The summed E-state index contributed by atoms with van der Waals surface area (Å²) in [4.78, 5) is 13.4. The molecule has 1 aliphatic rings. The molecule has 14 heavy (non-hydrogen) atoms. The molecule has 1 aromatic heterocycles. The molecule has 2 heterocycles. The fourth-order valence-corrected chi connectivity index (χ4v) is 1.74. The largest absolute Gasteiger partial charge is 0.394 e. The van der Waals surface area contributed by atoms with Crippen LogP contribution in [0.3, 0.4) is 0 Å².